The van der Waals surface area contributed by atoms with Crippen LogP contribution < -0.4 is 10.1 Å². The predicted octanol–water partition coefficient (Wildman–Crippen LogP) is 3.64. The molecular weight excluding hydrogens is 423 g/mol. The van der Waals surface area contributed by atoms with Crippen molar-refractivity contribution in [1.29, 1.82) is 0 Å². The Bertz CT molecular complexity index is 1110. The number of hydrogen-bond acceptors (Lipinski definition) is 5. The van der Waals surface area contributed by atoms with E-state index in [0.717, 1.165) is 32.0 Å². The quantitative estimate of drug-likeness (QED) is 0.625. The normalized spacial score (nSPS) is 17.1. The molecule has 0 aliphatic carbocycles. The van der Waals surface area contributed by atoms with Crippen LogP contribution in [-0.2, 0) is 6.18 Å². The number of nitrogens with zero attached hydrogens (tertiary/aromatic N) is 4. The maximum absolute atomic E-state index is 13.8. The van der Waals surface area contributed by atoms with Gasteiger partial charge in [0.15, 0.2) is 17.0 Å². The molecule has 0 saturated carbocycles. The van der Waals surface area contributed by atoms with Crippen LogP contribution in [0.4, 0.5) is 13.2 Å². The van der Waals surface area contributed by atoms with Gasteiger partial charge in [0.2, 0.25) is 0 Å². The standard InChI is InChI=1S/C22H24F3N5O2/c1-3-29-10-4-5-15(29)13-26-21(31)18-12-20-27-17(14-6-8-16(32-2)9-7-14)11-19(22(23,24)25)30(20)28-18/h6-9,11-12,15H,3-5,10,13H2,1-2H3,(H,26,31). The zero-order valence-corrected chi connectivity index (χ0v) is 17.8. The summed E-state index contributed by atoms with van der Waals surface area (Å²) >= 11 is 0. The number of carbonyl (C=O) groups excluding carboxylic acids is 1. The van der Waals surface area contributed by atoms with E-state index in [4.69, 9.17) is 4.74 Å². The van der Waals surface area contributed by atoms with Gasteiger partial charge in [-0.2, -0.15) is 18.3 Å². The second kappa shape index (κ2) is 8.78. The minimum absolute atomic E-state index is 0.0492. The van der Waals surface area contributed by atoms with E-state index < -0.39 is 17.8 Å². The number of carbonyl (C=O) groups is 1. The van der Waals surface area contributed by atoms with Crippen LogP contribution in [-0.4, -0.2) is 58.2 Å². The Hall–Kier alpha value is -3.14. The van der Waals surface area contributed by atoms with Crippen molar-refractivity contribution >= 4 is 11.6 Å². The van der Waals surface area contributed by atoms with Gasteiger partial charge >= 0.3 is 6.18 Å². The molecule has 32 heavy (non-hydrogen) atoms. The minimum Gasteiger partial charge on any atom is -0.497 e. The van der Waals surface area contributed by atoms with Crippen molar-refractivity contribution in [2.24, 2.45) is 0 Å². The van der Waals surface area contributed by atoms with Crippen LogP contribution in [0.2, 0.25) is 0 Å². The topological polar surface area (TPSA) is 71.8 Å². The molecule has 1 unspecified atom stereocenters. The molecule has 7 nitrogen and oxygen atoms in total. The number of rotatable bonds is 6. The third-order valence-corrected chi connectivity index (χ3v) is 5.74. The van der Waals surface area contributed by atoms with Gasteiger partial charge in [0.05, 0.1) is 12.8 Å². The molecule has 0 spiro atoms. The van der Waals surface area contributed by atoms with E-state index in [1.165, 1.54) is 13.2 Å². The molecule has 3 aromatic rings. The number of nitrogens with one attached hydrogen (secondary N) is 1. The van der Waals surface area contributed by atoms with Gasteiger partial charge in [0.25, 0.3) is 5.91 Å². The second-order valence-corrected chi connectivity index (χ2v) is 7.69. The second-order valence-electron chi connectivity index (χ2n) is 7.69. The number of likely N-dealkylation sites (N-methyl/N-ethyl adjacent to an activating group) is 1. The van der Waals surface area contributed by atoms with Crippen molar-refractivity contribution in [3.63, 3.8) is 0 Å². The molecule has 1 amide bonds. The number of fused-ring (bicyclic) bond motifs is 1. The highest BCUT2D eigenvalue weighted by Crippen LogP contribution is 2.32. The number of halogens is 3. The molecule has 3 heterocycles. The molecule has 1 aliphatic rings. The first-order chi connectivity index (χ1) is 15.3. The van der Waals surface area contributed by atoms with Gasteiger partial charge < -0.3 is 10.1 Å². The van der Waals surface area contributed by atoms with Crippen molar-refractivity contribution in [3.05, 3.63) is 47.8 Å². The summed E-state index contributed by atoms with van der Waals surface area (Å²) in [4.78, 5) is 19.2. The monoisotopic (exact) mass is 447 g/mol. The van der Waals surface area contributed by atoms with Crippen molar-refractivity contribution in [1.82, 2.24) is 24.8 Å². The largest absolute Gasteiger partial charge is 0.497 e. The van der Waals surface area contributed by atoms with Crippen molar-refractivity contribution < 1.29 is 22.7 Å². The maximum atomic E-state index is 13.8. The summed E-state index contributed by atoms with van der Waals surface area (Å²) in [5, 5.41) is 6.72. The lowest BCUT2D eigenvalue weighted by Crippen LogP contribution is -2.40. The van der Waals surface area contributed by atoms with E-state index in [9.17, 15) is 18.0 Å². The number of likely N-dealkylation sites (tertiary alicyclic amines) is 1. The van der Waals surface area contributed by atoms with Gasteiger partial charge in [-0.15, -0.1) is 0 Å². The zero-order chi connectivity index (χ0) is 22.9. The summed E-state index contributed by atoms with van der Waals surface area (Å²) < 4.78 is 47.1. The predicted molar refractivity (Wildman–Crippen MR) is 113 cm³/mol. The summed E-state index contributed by atoms with van der Waals surface area (Å²) in [6, 6.07) is 8.99. The highest BCUT2D eigenvalue weighted by molar-refractivity contribution is 5.93. The number of amides is 1. The average molecular weight is 447 g/mol. The number of hydrogen-bond donors (Lipinski definition) is 1. The summed E-state index contributed by atoms with van der Waals surface area (Å²) in [5.74, 6) is 0.0654. The molecule has 4 rings (SSSR count). The van der Waals surface area contributed by atoms with Crippen molar-refractivity contribution in [3.8, 4) is 17.0 Å². The fourth-order valence-electron chi connectivity index (χ4n) is 4.04. The molecule has 0 bridgehead atoms. The first-order valence-corrected chi connectivity index (χ1v) is 10.4. The molecule has 2 aromatic heterocycles. The number of ether oxygens (including phenoxy) is 1. The Morgan fingerprint density at radius 3 is 2.66 bits per heavy atom. The fourth-order valence-corrected chi connectivity index (χ4v) is 4.04. The Morgan fingerprint density at radius 2 is 2.00 bits per heavy atom. The van der Waals surface area contributed by atoms with Crippen LogP contribution in [0.25, 0.3) is 16.9 Å². The van der Waals surface area contributed by atoms with Crippen LogP contribution in [0.3, 0.4) is 0 Å². The number of alkyl halides is 3. The van der Waals surface area contributed by atoms with Crippen molar-refractivity contribution in [2.45, 2.75) is 32.0 Å². The van der Waals surface area contributed by atoms with E-state index in [-0.39, 0.29) is 23.1 Å². The van der Waals surface area contributed by atoms with E-state index in [0.29, 0.717) is 22.4 Å². The maximum Gasteiger partial charge on any atom is 0.433 e. The molecule has 170 valence electrons. The van der Waals surface area contributed by atoms with Crippen LogP contribution in [0, 0.1) is 0 Å². The van der Waals surface area contributed by atoms with Crippen LogP contribution in [0.5, 0.6) is 5.75 Å². The summed E-state index contributed by atoms with van der Waals surface area (Å²) in [6.45, 7) is 4.37. The lowest BCUT2D eigenvalue weighted by Gasteiger charge is -2.22. The van der Waals surface area contributed by atoms with Crippen LogP contribution in [0.15, 0.2) is 36.4 Å². The molecule has 1 atom stereocenters. The number of methoxy groups -OCH3 is 1. The third kappa shape index (κ3) is 4.40. The number of benzene rings is 1. The Kier molecular flexibility index (Phi) is 6.05. The highest BCUT2D eigenvalue weighted by Gasteiger charge is 2.35. The summed E-state index contributed by atoms with van der Waals surface area (Å²) in [5.41, 5.74) is -0.529. The van der Waals surface area contributed by atoms with Gasteiger partial charge in [0, 0.05) is 24.2 Å². The Balaban J connectivity index is 1.64. The third-order valence-electron chi connectivity index (χ3n) is 5.74. The van der Waals surface area contributed by atoms with Gasteiger partial charge in [0.1, 0.15) is 5.75 Å². The van der Waals surface area contributed by atoms with Crippen molar-refractivity contribution in [2.75, 3.05) is 26.7 Å². The van der Waals surface area contributed by atoms with Crippen LogP contribution in [0.1, 0.15) is 35.9 Å². The molecule has 1 fully saturated rings. The zero-order valence-electron chi connectivity index (χ0n) is 17.8. The number of aromatic nitrogens is 3. The van der Waals surface area contributed by atoms with E-state index in [2.05, 4.69) is 27.2 Å². The molecule has 10 heteroatoms. The molecule has 1 aromatic carbocycles. The lowest BCUT2D eigenvalue weighted by atomic mass is 10.1. The van der Waals surface area contributed by atoms with Gasteiger partial charge in [-0.1, -0.05) is 6.92 Å². The van der Waals surface area contributed by atoms with Crippen LogP contribution >= 0.6 is 0 Å². The molecular formula is C22H24F3N5O2. The molecule has 1 saturated heterocycles. The SMILES string of the molecule is CCN1CCCC1CNC(=O)c1cc2nc(-c3ccc(OC)cc3)cc(C(F)(F)F)n2n1. The smallest absolute Gasteiger partial charge is 0.433 e. The van der Waals surface area contributed by atoms with E-state index >= 15 is 0 Å². The summed E-state index contributed by atoms with van der Waals surface area (Å²) in [6.07, 6.45) is -2.63. The molecule has 1 N–H and O–H groups in total. The first kappa shape index (κ1) is 22.1. The van der Waals surface area contributed by atoms with Gasteiger partial charge in [-0.05, 0) is 56.3 Å². The van der Waals surface area contributed by atoms with E-state index in [1.54, 1.807) is 24.3 Å². The Labute approximate surface area is 183 Å². The molecule has 0 radical (unpaired) electrons. The minimum atomic E-state index is -4.67. The fraction of sp³-hybridized carbons (Fsp3) is 0.409. The van der Waals surface area contributed by atoms with Gasteiger partial charge in [-0.3, -0.25) is 9.69 Å². The Morgan fingerprint density at radius 1 is 1.25 bits per heavy atom. The summed E-state index contributed by atoms with van der Waals surface area (Å²) in [7, 11) is 1.51. The van der Waals surface area contributed by atoms with E-state index in [1.807, 2.05) is 0 Å². The van der Waals surface area contributed by atoms with Gasteiger partial charge in [-0.25, -0.2) is 9.50 Å². The molecule has 1 aliphatic heterocycles. The average Bonchev–Trinajstić information content (AvgIpc) is 3.42. The first-order valence-electron chi connectivity index (χ1n) is 10.4. The highest BCUT2D eigenvalue weighted by atomic mass is 19.4. The lowest BCUT2D eigenvalue weighted by molar-refractivity contribution is -0.142.